The lowest BCUT2D eigenvalue weighted by molar-refractivity contribution is -0.122. The third-order valence-corrected chi connectivity index (χ3v) is 1.98. The number of nitrogens with one attached hydrogen (secondary N) is 1. The summed E-state index contributed by atoms with van der Waals surface area (Å²) in [4.78, 5) is 13.3. The number of hydrogen-bond donors (Lipinski definition) is 1. The standard InChI is InChI=1S/C9H18N2O/c1-7(6-11(2)3)10-9(12)8-4-5-8/h7-8H,4-6H2,1-3H3,(H,10,12). The SMILES string of the molecule is CC(CN(C)C)NC(=O)C1CC1. The van der Waals surface area contributed by atoms with Crippen molar-refractivity contribution in [3.8, 4) is 0 Å². The van der Waals surface area contributed by atoms with E-state index in [1.807, 2.05) is 21.0 Å². The lowest BCUT2D eigenvalue weighted by Gasteiger charge is -2.17. The molecule has 0 aromatic carbocycles. The molecule has 1 N–H and O–H groups in total. The van der Waals surface area contributed by atoms with E-state index < -0.39 is 0 Å². The van der Waals surface area contributed by atoms with Crippen LogP contribution in [-0.4, -0.2) is 37.5 Å². The topological polar surface area (TPSA) is 32.3 Å². The number of hydrogen-bond acceptors (Lipinski definition) is 2. The second-order valence-electron chi connectivity index (χ2n) is 3.95. The van der Waals surface area contributed by atoms with Crippen LogP contribution in [-0.2, 0) is 4.79 Å². The number of amides is 1. The Balaban J connectivity index is 2.15. The van der Waals surface area contributed by atoms with Crippen LogP contribution in [0.5, 0.6) is 0 Å². The second-order valence-corrected chi connectivity index (χ2v) is 3.95. The Morgan fingerprint density at radius 3 is 2.58 bits per heavy atom. The Morgan fingerprint density at radius 2 is 2.17 bits per heavy atom. The highest BCUT2D eigenvalue weighted by Crippen LogP contribution is 2.28. The van der Waals surface area contributed by atoms with Gasteiger partial charge in [-0.15, -0.1) is 0 Å². The molecule has 1 fully saturated rings. The number of carbonyl (C=O) groups excluding carboxylic acids is 1. The number of carbonyl (C=O) groups is 1. The predicted octanol–water partition coefficient (Wildman–Crippen LogP) is 0.463. The molecule has 1 saturated carbocycles. The fraction of sp³-hybridized carbons (Fsp3) is 0.889. The first-order valence-electron chi connectivity index (χ1n) is 4.54. The minimum absolute atomic E-state index is 0.240. The van der Waals surface area contributed by atoms with Gasteiger partial charge in [0.1, 0.15) is 0 Å². The molecule has 1 aliphatic rings. The molecule has 1 atom stereocenters. The third-order valence-electron chi connectivity index (χ3n) is 1.98. The summed E-state index contributed by atoms with van der Waals surface area (Å²) < 4.78 is 0. The molecule has 0 aromatic heterocycles. The van der Waals surface area contributed by atoms with E-state index in [-0.39, 0.29) is 11.9 Å². The molecule has 1 aliphatic carbocycles. The van der Waals surface area contributed by atoms with Crippen LogP contribution in [0.15, 0.2) is 0 Å². The van der Waals surface area contributed by atoms with Crippen LogP contribution in [0.4, 0.5) is 0 Å². The maximum absolute atomic E-state index is 11.3. The summed E-state index contributed by atoms with van der Waals surface area (Å²) in [5.74, 6) is 0.568. The van der Waals surface area contributed by atoms with Gasteiger partial charge in [0.2, 0.25) is 5.91 Å². The highest BCUT2D eigenvalue weighted by Gasteiger charge is 2.30. The minimum Gasteiger partial charge on any atom is -0.352 e. The minimum atomic E-state index is 0.240. The van der Waals surface area contributed by atoms with Gasteiger partial charge in [-0.3, -0.25) is 4.79 Å². The summed E-state index contributed by atoms with van der Waals surface area (Å²) in [5, 5.41) is 2.99. The third kappa shape index (κ3) is 3.22. The molecule has 0 bridgehead atoms. The van der Waals surface area contributed by atoms with Crippen molar-refractivity contribution in [2.45, 2.75) is 25.8 Å². The van der Waals surface area contributed by atoms with Crippen molar-refractivity contribution in [2.24, 2.45) is 5.92 Å². The van der Waals surface area contributed by atoms with Crippen molar-refractivity contribution in [1.29, 1.82) is 0 Å². The zero-order valence-corrected chi connectivity index (χ0v) is 8.13. The average molecular weight is 170 g/mol. The monoisotopic (exact) mass is 170 g/mol. The first kappa shape index (κ1) is 9.52. The Kier molecular flexibility index (Phi) is 3.09. The van der Waals surface area contributed by atoms with E-state index in [4.69, 9.17) is 0 Å². The fourth-order valence-corrected chi connectivity index (χ4v) is 1.30. The summed E-state index contributed by atoms with van der Waals surface area (Å²) in [7, 11) is 4.03. The highest BCUT2D eigenvalue weighted by molar-refractivity contribution is 5.81. The van der Waals surface area contributed by atoms with Crippen molar-refractivity contribution in [1.82, 2.24) is 10.2 Å². The lowest BCUT2D eigenvalue weighted by atomic mass is 10.3. The molecule has 70 valence electrons. The Morgan fingerprint density at radius 1 is 1.58 bits per heavy atom. The van der Waals surface area contributed by atoms with Crippen molar-refractivity contribution < 1.29 is 4.79 Å². The van der Waals surface area contributed by atoms with E-state index in [9.17, 15) is 4.79 Å². The maximum atomic E-state index is 11.3. The Hall–Kier alpha value is -0.570. The molecule has 0 spiro atoms. The molecule has 3 heteroatoms. The smallest absolute Gasteiger partial charge is 0.223 e. The number of nitrogens with zero attached hydrogens (tertiary/aromatic N) is 1. The molecule has 1 rings (SSSR count). The molecule has 3 nitrogen and oxygen atoms in total. The first-order valence-corrected chi connectivity index (χ1v) is 4.54. The van der Waals surface area contributed by atoms with Crippen LogP contribution in [0.1, 0.15) is 19.8 Å². The van der Waals surface area contributed by atoms with Crippen LogP contribution >= 0.6 is 0 Å². The number of rotatable bonds is 4. The summed E-state index contributed by atoms with van der Waals surface area (Å²) in [6, 6.07) is 0.271. The molecule has 0 aromatic rings. The summed E-state index contributed by atoms with van der Waals surface area (Å²) in [5.41, 5.74) is 0. The molecule has 0 heterocycles. The van der Waals surface area contributed by atoms with Gasteiger partial charge in [0.15, 0.2) is 0 Å². The zero-order valence-electron chi connectivity index (χ0n) is 8.13. The fourth-order valence-electron chi connectivity index (χ4n) is 1.30. The van der Waals surface area contributed by atoms with Crippen LogP contribution in [0, 0.1) is 5.92 Å². The van der Waals surface area contributed by atoms with E-state index in [1.165, 1.54) is 0 Å². The van der Waals surface area contributed by atoms with Gasteiger partial charge in [0.25, 0.3) is 0 Å². The molecule has 1 unspecified atom stereocenters. The van der Waals surface area contributed by atoms with Gasteiger partial charge in [-0.2, -0.15) is 0 Å². The molecule has 0 saturated heterocycles. The van der Waals surface area contributed by atoms with Crippen LogP contribution in [0.2, 0.25) is 0 Å². The molecule has 0 aliphatic heterocycles. The second kappa shape index (κ2) is 3.90. The van der Waals surface area contributed by atoms with Gasteiger partial charge < -0.3 is 10.2 Å². The first-order chi connectivity index (χ1) is 5.59. The highest BCUT2D eigenvalue weighted by atomic mass is 16.2. The largest absolute Gasteiger partial charge is 0.352 e. The summed E-state index contributed by atoms with van der Waals surface area (Å²) in [6.45, 7) is 2.96. The van der Waals surface area contributed by atoms with Crippen molar-refractivity contribution in [3.05, 3.63) is 0 Å². The van der Waals surface area contributed by atoms with Crippen LogP contribution in [0.25, 0.3) is 0 Å². The molecular weight excluding hydrogens is 152 g/mol. The van der Waals surface area contributed by atoms with Gasteiger partial charge in [0, 0.05) is 18.5 Å². The Labute approximate surface area is 74.1 Å². The van der Waals surface area contributed by atoms with Crippen molar-refractivity contribution >= 4 is 5.91 Å². The normalized spacial score (nSPS) is 19.3. The van der Waals surface area contributed by atoms with Gasteiger partial charge in [-0.1, -0.05) is 0 Å². The van der Waals surface area contributed by atoms with E-state index in [0.717, 1.165) is 19.4 Å². The van der Waals surface area contributed by atoms with Gasteiger partial charge in [-0.05, 0) is 33.9 Å². The molecule has 1 amide bonds. The Bertz CT molecular complexity index is 164. The molecule has 12 heavy (non-hydrogen) atoms. The average Bonchev–Trinajstić information content (AvgIpc) is 2.63. The van der Waals surface area contributed by atoms with E-state index >= 15 is 0 Å². The predicted molar refractivity (Wildman–Crippen MR) is 48.9 cm³/mol. The van der Waals surface area contributed by atoms with Gasteiger partial charge >= 0.3 is 0 Å². The van der Waals surface area contributed by atoms with E-state index in [0.29, 0.717) is 5.92 Å². The molecule has 0 radical (unpaired) electrons. The summed E-state index contributed by atoms with van der Waals surface area (Å²) >= 11 is 0. The maximum Gasteiger partial charge on any atom is 0.223 e. The van der Waals surface area contributed by atoms with Crippen molar-refractivity contribution in [2.75, 3.05) is 20.6 Å². The van der Waals surface area contributed by atoms with Crippen LogP contribution < -0.4 is 5.32 Å². The zero-order chi connectivity index (χ0) is 9.14. The number of likely N-dealkylation sites (N-methyl/N-ethyl adjacent to an activating group) is 1. The van der Waals surface area contributed by atoms with E-state index in [1.54, 1.807) is 0 Å². The van der Waals surface area contributed by atoms with Crippen LogP contribution in [0.3, 0.4) is 0 Å². The summed E-state index contributed by atoms with van der Waals surface area (Å²) in [6.07, 6.45) is 2.17. The quantitative estimate of drug-likeness (QED) is 0.665. The van der Waals surface area contributed by atoms with E-state index in [2.05, 4.69) is 10.2 Å². The van der Waals surface area contributed by atoms with Gasteiger partial charge in [-0.25, -0.2) is 0 Å². The van der Waals surface area contributed by atoms with Crippen molar-refractivity contribution in [3.63, 3.8) is 0 Å². The molecular formula is C9H18N2O. The lowest BCUT2D eigenvalue weighted by Crippen LogP contribution is -2.40. The van der Waals surface area contributed by atoms with Gasteiger partial charge in [0.05, 0.1) is 0 Å².